The van der Waals surface area contributed by atoms with Gasteiger partial charge in [0.05, 0.1) is 38.6 Å². The topological polar surface area (TPSA) is 66.8 Å². The monoisotopic (exact) mass is 397 g/mol. The highest BCUT2D eigenvalue weighted by atomic mass is 16.5. The molecular weight excluding hydrogens is 370 g/mol. The van der Waals surface area contributed by atoms with Crippen LogP contribution in [0, 0.1) is 0 Å². The third-order valence-corrected chi connectivity index (χ3v) is 6.13. The van der Waals surface area contributed by atoms with Crippen molar-refractivity contribution in [2.45, 2.75) is 50.5 Å². The highest BCUT2D eigenvalue weighted by Gasteiger charge is 2.31. The number of benzene rings is 1. The van der Waals surface area contributed by atoms with Gasteiger partial charge in [0, 0.05) is 16.6 Å². The summed E-state index contributed by atoms with van der Waals surface area (Å²) in [6.07, 6.45) is 9.76. The van der Waals surface area contributed by atoms with E-state index in [1.54, 1.807) is 6.26 Å². The molecule has 1 aromatic carbocycles. The summed E-state index contributed by atoms with van der Waals surface area (Å²) < 4.78 is 17.4. The molecule has 1 saturated carbocycles. The lowest BCUT2D eigenvalue weighted by atomic mass is 9.81. The molecule has 29 heavy (non-hydrogen) atoms. The normalized spacial score (nSPS) is 19.3. The molecule has 2 heterocycles. The fourth-order valence-electron chi connectivity index (χ4n) is 4.76. The lowest BCUT2D eigenvalue weighted by molar-refractivity contribution is -0.141. The fraction of sp³-hybridized carbons (Fsp3) is 0.478. The predicted molar refractivity (Wildman–Crippen MR) is 109 cm³/mol. The van der Waals surface area contributed by atoms with E-state index in [1.807, 2.05) is 22.8 Å². The number of aromatic nitrogens is 1. The molecule has 6 heteroatoms. The average molecular weight is 397 g/mol. The Labute approximate surface area is 170 Å². The number of ether oxygens (including phenoxy) is 3. The van der Waals surface area contributed by atoms with E-state index in [-0.39, 0.29) is 24.4 Å². The summed E-state index contributed by atoms with van der Waals surface area (Å²) >= 11 is 0. The van der Waals surface area contributed by atoms with Crippen LogP contribution < -0.4 is 0 Å². The minimum atomic E-state index is -0.387. The zero-order valence-electron chi connectivity index (χ0n) is 17.0. The quantitative estimate of drug-likeness (QED) is 0.705. The summed E-state index contributed by atoms with van der Waals surface area (Å²) in [6, 6.07) is 5.65. The molecule has 0 N–H and O–H groups in total. The third-order valence-electron chi connectivity index (χ3n) is 6.13. The van der Waals surface area contributed by atoms with Crippen LogP contribution >= 0.6 is 0 Å². The first kappa shape index (κ1) is 19.6. The molecule has 154 valence electrons. The van der Waals surface area contributed by atoms with E-state index in [0.29, 0.717) is 18.1 Å². The molecule has 1 unspecified atom stereocenters. The Morgan fingerprint density at radius 3 is 2.59 bits per heavy atom. The van der Waals surface area contributed by atoms with Crippen molar-refractivity contribution in [2.24, 2.45) is 0 Å². The van der Waals surface area contributed by atoms with Gasteiger partial charge >= 0.3 is 11.9 Å². The Balaban J connectivity index is 1.96. The minimum Gasteiger partial charge on any atom is -0.500 e. The van der Waals surface area contributed by atoms with Crippen LogP contribution in [0.5, 0.6) is 0 Å². The van der Waals surface area contributed by atoms with E-state index in [1.165, 1.54) is 39.0 Å². The van der Waals surface area contributed by atoms with Gasteiger partial charge in [-0.25, -0.2) is 4.79 Å². The van der Waals surface area contributed by atoms with Gasteiger partial charge in [-0.1, -0.05) is 25.3 Å². The van der Waals surface area contributed by atoms with Gasteiger partial charge in [-0.15, -0.1) is 0 Å². The predicted octanol–water partition coefficient (Wildman–Crippen LogP) is 4.28. The van der Waals surface area contributed by atoms with Crippen molar-refractivity contribution in [3.8, 4) is 0 Å². The lowest BCUT2D eigenvalue weighted by Gasteiger charge is -2.25. The maximum absolute atomic E-state index is 12.3. The molecule has 0 saturated heterocycles. The Hall–Kier alpha value is -2.76. The molecule has 1 atom stereocenters. The molecule has 6 nitrogen and oxygen atoms in total. The van der Waals surface area contributed by atoms with Gasteiger partial charge in [0.1, 0.15) is 6.54 Å². The van der Waals surface area contributed by atoms with Crippen LogP contribution in [0.3, 0.4) is 0 Å². The standard InChI is InChI=1S/C23H27NO5/c1-27-20(25)13-24-19-12-16(23(26)28-2)8-9-18(19)21(15-6-4-3-5-7-15)22(24)17-10-11-29-14-17/h8-12,15,17H,3-7,13-14H2,1-2H3. The van der Waals surface area contributed by atoms with Gasteiger partial charge in [-0.3, -0.25) is 4.79 Å². The zero-order chi connectivity index (χ0) is 20.4. The van der Waals surface area contributed by atoms with Crippen molar-refractivity contribution in [3.05, 3.63) is 47.4 Å². The lowest BCUT2D eigenvalue weighted by Crippen LogP contribution is -2.18. The first-order valence-corrected chi connectivity index (χ1v) is 10.2. The third kappa shape index (κ3) is 3.63. The number of carbonyl (C=O) groups is 2. The number of fused-ring (bicyclic) bond motifs is 1. The second-order valence-corrected chi connectivity index (χ2v) is 7.79. The molecule has 4 rings (SSSR count). The van der Waals surface area contributed by atoms with Gasteiger partial charge in [0.15, 0.2) is 0 Å². The molecule has 2 aromatic rings. The smallest absolute Gasteiger partial charge is 0.337 e. The van der Waals surface area contributed by atoms with Crippen molar-refractivity contribution in [2.75, 3.05) is 20.8 Å². The molecule has 0 amide bonds. The molecule has 1 fully saturated rings. The summed E-state index contributed by atoms with van der Waals surface area (Å²) in [6.45, 7) is 0.658. The van der Waals surface area contributed by atoms with Gasteiger partial charge < -0.3 is 18.8 Å². The van der Waals surface area contributed by atoms with Crippen LogP contribution in [0.25, 0.3) is 10.9 Å². The van der Waals surface area contributed by atoms with Crippen molar-refractivity contribution < 1.29 is 23.8 Å². The maximum Gasteiger partial charge on any atom is 0.337 e. The highest BCUT2D eigenvalue weighted by molar-refractivity contribution is 5.96. The zero-order valence-corrected chi connectivity index (χ0v) is 17.0. The summed E-state index contributed by atoms with van der Waals surface area (Å²) in [5.74, 6) is -0.184. The van der Waals surface area contributed by atoms with E-state index in [2.05, 4.69) is 6.08 Å². The molecule has 1 aliphatic heterocycles. The Bertz CT molecular complexity index is 952. The Kier molecular flexibility index (Phi) is 5.60. The number of hydrogen-bond donors (Lipinski definition) is 0. The van der Waals surface area contributed by atoms with E-state index in [9.17, 15) is 9.59 Å². The number of carbonyl (C=O) groups excluding carboxylic acids is 2. The number of esters is 2. The Morgan fingerprint density at radius 2 is 1.93 bits per heavy atom. The molecular formula is C23H27NO5. The van der Waals surface area contributed by atoms with Gasteiger partial charge in [0.25, 0.3) is 0 Å². The van der Waals surface area contributed by atoms with Crippen molar-refractivity contribution >= 4 is 22.8 Å². The summed E-state index contributed by atoms with van der Waals surface area (Å²) in [4.78, 5) is 24.4. The maximum atomic E-state index is 12.3. The first-order valence-electron chi connectivity index (χ1n) is 10.2. The summed E-state index contributed by atoms with van der Waals surface area (Å²) in [7, 11) is 2.77. The molecule has 0 spiro atoms. The van der Waals surface area contributed by atoms with Crippen molar-refractivity contribution in [1.29, 1.82) is 0 Å². The van der Waals surface area contributed by atoms with Gasteiger partial charge in [-0.2, -0.15) is 0 Å². The second kappa shape index (κ2) is 8.31. The van der Waals surface area contributed by atoms with Crippen LogP contribution in [0.15, 0.2) is 30.5 Å². The molecule has 0 bridgehead atoms. The number of nitrogens with zero attached hydrogens (tertiary/aromatic N) is 1. The summed E-state index contributed by atoms with van der Waals surface area (Å²) in [5, 5.41) is 1.10. The molecule has 0 radical (unpaired) electrons. The fourth-order valence-corrected chi connectivity index (χ4v) is 4.76. The largest absolute Gasteiger partial charge is 0.500 e. The molecule has 1 aromatic heterocycles. The van der Waals surface area contributed by atoms with E-state index < -0.39 is 0 Å². The SMILES string of the molecule is COC(=O)Cn1c(C2C=COC2)c(C2CCCCC2)c2ccc(C(=O)OC)cc21. The van der Waals surface area contributed by atoms with Gasteiger partial charge in [-0.05, 0) is 42.5 Å². The van der Waals surface area contributed by atoms with Crippen molar-refractivity contribution in [3.63, 3.8) is 0 Å². The van der Waals surface area contributed by atoms with E-state index in [4.69, 9.17) is 14.2 Å². The molecule has 1 aliphatic carbocycles. The number of methoxy groups -OCH3 is 2. The molecule has 2 aliphatic rings. The van der Waals surface area contributed by atoms with E-state index >= 15 is 0 Å². The van der Waals surface area contributed by atoms with E-state index in [0.717, 1.165) is 29.4 Å². The van der Waals surface area contributed by atoms with Crippen LogP contribution in [-0.2, 0) is 25.5 Å². The second-order valence-electron chi connectivity index (χ2n) is 7.79. The van der Waals surface area contributed by atoms with Gasteiger partial charge in [0.2, 0.25) is 0 Å². The first-order chi connectivity index (χ1) is 14.1. The average Bonchev–Trinajstić information content (AvgIpc) is 3.39. The highest BCUT2D eigenvalue weighted by Crippen LogP contribution is 2.43. The minimum absolute atomic E-state index is 0.0746. The summed E-state index contributed by atoms with van der Waals surface area (Å²) in [5.41, 5.74) is 3.74. The van der Waals surface area contributed by atoms with Crippen molar-refractivity contribution in [1.82, 2.24) is 4.57 Å². The van der Waals surface area contributed by atoms with Crippen LogP contribution in [0.2, 0.25) is 0 Å². The van der Waals surface area contributed by atoms with Crippen LogP contribution in [0.1, 0.15) is 65.6 Å². The van der Waals surface area contributed by atoms with Crippen LogP contribution in [-0.4, -0.2) is 37.3 Å². The number of hydrogen-bond acceptors (Lipinski definition) is 5. The number of rotatable bonds is 5. The van der Waals surface area contributed by atoms with Crippen LogP contribution in [0.4, 0.5) is 0 Å². The Morgan fingerprint density at radius 1 is 1.14 bits per heavy atom.